The predicted molar refractivity (Wildman–Crippen MR) is 62.4 cm³/mol. The van der Waals surface area contributed by atoms with Crippen molar-refractivity contribution in [2.24, 2.45) is 0 Å². The Bertz CT molecular complexity index is 346. The van der Waals surface area contributed by atoms with E-state index in [0.29, 0.717) is 18.8 Å². The zero-order valence-electron chi connectivity index (χ0n) is 9.58. The van der Waals surface area contributed by atoms with Crippen molar-refractivity contribution < 1.29 is 9.90 Å². The van der Waals surface area contributed by atoms with Crippen LogP contribution in [0.15, 0.2) is 12.1 Å². The number of aliphatic hydroxyl groups excluding tert-OH is 1. The molecule has 0 aromatic carbocycles. The molecule has 0 aliphatic carbocycles. The molecule has 2 amide bonds. The molecule has 0 aliphatic rings. The Morgan fingerprint density at radius 1 is 1.44 bits per heavy atom. The molecule has 0 spiro atoms. The first-order chi connectivity index (χ1) is 7.61. The molecule has 1 heterocycles. The molecule has 0 bridgehead atoms. The van der Waals surface area contributed by atoms with Crippen LogP contribution in [0.5, 0.6) is 0 Å². The van der Waals surface area contributed by atoms with Crippen LogP contribution in [0.25, 0.3) is 0 Å². The molecule has 5 heteroatoms. The van der Waals surface area contributed by atoms with E-state index in [2.05, 4.69) is 15.6 Å². The van der Waals surface area contributed by atoms with Gasteiger partial charge in [0.15, 0.2) is 0 Å². The molecule has 0 saturated heterocycles. The van der Waals surface area contributed by atoms with Crippen molar-refractivity contribution in [2.45, 2.75) is 20.3 Å². The number of aromatic nitrogens is 1. The summed E-state index contributed by atoms with van der Waals surface area (Å²) in [5.41, 5.74) is 1.92. The predicted octanol–water partition coefficient (Wildman–Crippen LogP) is 1.20. The van der Waals surface area contributed by atoms with Gasteiger partial charge in [-0.2, -0.15) is 0 Å². The number of aryl methyl sites for hydroxylation is 2. The van der Waals surface area contributed by atoms with Gasteiger partial charge in [-0.15, -0.1) is 0 Å². The molecular formula is C11H17N3O2. The number of hydrogen-bond acceptors (Lipinski definition) is 3. The van der Waals surface area contributed by atoms with Crippen molar-refractivity contribution in [3.05, 3.63) is 23.4 Å². The number of pyridine rings is 1. The number of nitrogens with one attached hydrogen (secondary N) is 2. The first kappa shape index (κ1) is 12.4. The van der Waals surface area contributed by atoms with Gasteiger partial charge in [0, 0.05) is 18.8 Å². The van der Waals surface area contributed by atoms with Crippen LogP contribution in [-0.4, -0.2) is 29.3 Å². The lowest BCUT2D eigenvalue weighted by Crippen LogP contribution is -2.30. The number of urea groups is 1. The summed E-state index contributed by atoms with van der Waals surface area (Å²) in [4.78, 5) is 15.5. The molecule has 1 aromatic rings. The van der Waals surface area contributed by atoms with E-state index in [4.69, 9.17) is 5.11 Å². The smallest absolute Gasteiger partial charge is 0.320 e. The zero-order chi connectivity index (χ0) is 12.0. The van der Waals surface area contributed by atoms with Gasteiger partial charge in [0.05, 0.1) is 0 Å². The summed E-state index contributed by atoms with van der Waals surface area (Å²) < 4.78 is 0. The van der Waals surface area contributed by atoms with Crippen molar-refractivity contribution in [2.75, 3.05) is 18.5 Å². The van der Waals surface area contributed by atoms with Gasteiger partial charge in [0.2, 0.25) is 0 Å². The van der Waals surface area contributed by atoms with E-state index in [-0.39, 0.29) is 12.6 Å². The van der Waals surface area contributed by atoms with E-state index in [1.54, 1.807) is 6.07 Å². The van der Waals surface area contributed by atoms with Gasteiger partial charge in [-0.1, -0.05) is 0 Å². The molecule has 0 radical (unpaired) electrons. The minimum absolute atomic E-state index is 0.0715. The Labute approximate surface area is 94.9 Å². The number of hydrogen-bond donors (Lipinski definition) is 3. The Hall–Kier alpha value is -1.62. The number of carbonyl (C=O) groups excluding carboxylic acids is 1. The highest BCUT2D eigenvalue weighted by molar-refractivity contribution is 5.88. The zero-order valence-corrected chi connectivity index (χ0v) is 9.58. The number of amides is 2. The molecule has 0 unspecified atom stereocenters. The lowest BCUT2D eigenvalue weighted by molar-refractivity contribution is 0.249. The van der Waals surface area contributed by atoms with Crippen LogP contribution >= 0.6 is 0 Å². The lowest BCUT2D eigenvalue weighted by Gasteiger charge is -2.07. The SMILES string of the molecule is Cc1cc(C)nc(NC(=O)NCCCO)c1. The van der Waals surface area contributed by atoms with Crippen molar-refractivity contribution in [3.63, 3.8) is 0 Å². The van der Waals surface area contributed by atoms with Gasteiger partial charge in [-0.25, -0.2) is 9.78 Å². The second kappa shape index (κ2) is 6.07. The van der Waals surface area contributed by atoms with Crippen molar-refractivity contribution in [1.82, 2.24) is 10.3 Å². The van der Waals surface area contributed by atoms with E-state index >= 15 is 0 Å². The summed E-state index contributed by atoms with van der Waals surface area (Å²) in [7, 11) is 0. The molecule has 0 saturated carbocycles. The number of nitrogens with zero attached hydrogens (tertiary/aromatic N) is 1. The van der Waals surface area contributed by atoms with E-state index in [1.807, 2.05) is 19.9 Å². The monoisotopic (exact) mass is 223 g/mol. The molecule has 1 aromatic heterocycles. The molecule has 16 heavy (non-hydrogen) atoms. The largest absolute Gasteiger partial charge is 0.396 e. The Morgan fingerprint density at radius 2 is 2.19 bits per heavy atom. The van der Waals surface area contributed by atoms with Crippen LogP contribution in [0.3, 0.4) is 0 Å². The van der Waals surface area contributed by atoms with E-state index < -0.39 is 0 Å². The average molecular weight is 223 g/mol. The normalized spacial score (nSPS) is 9.94. The fourth-order valence-corrected chi connectivity index (χ4v) is 1.35. The summed E-state index contributed by atoms with van der Waals surface area (Å²) in [6.07, 6.45) is 0.549. The van der Waals surface area contributed by atoms with Crippen LogP contribution in [0, 0.1) is 13.8 Å². The van der Waals surface area contributed by atoms with Crippen LogP contribution in [0.2, 0.25) is 0 Å². The quantitative estimate of drug-likeness (QED) is 0.671. The third-order valence-electron chi connectivity index (χ3n) is 1.96. The van der Waals surface area contributed by atoms with Crippen molar-refractivity contribution in [3.8, 4) is 0 Å². The summed E-state index contributed by atoms with van der Waals surface area (Å²) in [5, 5.41) is 13.8. The number of anilines is 1. The molecule has 88 valence electrons. The maximum atomic E-state index is 11.4. The maximum absolute atomic E-state index is 11.4. The highest BCUT2D eigenvalue weighted by Crippen LogP contribution is 2.08. The second-order valence-electron chi connectivity index (χ2n) is 3.63. The molecule has 0 aliphatic heterocycles. The third kappa shape index (κ3) is 4.27. The number of rotatable bonds is 4. The van der Waals surface area contributed by atoms with Gasteiger partial charge in [0.1, 0.15) is 5.82 Å². The molecule has 3 N–H and O–H groups in total. The fraction of sp³-hybridized carbons (Fsp3) is 0.455. The standard InChI is InChI=1S/C11H17N3O2/c1-8-6-9(2)13-10(7-8)14-11(16)12-4-3-5-15/h6-7,15H,3-5H2,1-2H3,(H2,12,13,14,16). The summed E-state index contributed by atoms with van der Waals surface area (Å²) >= 11 is 0. The molecule has 0 atom stereocenters. The minimum atomic E-state index is -0.300. The molecule has 0 fully saturated rings. The van der Waals surface area contributed by atoms with Crippen LogP contribution in [0.1, 0.15) is 17.7 Å². The van der Waals surface area contributed by atoms with Crippen molar-refractivity contribution >= 4 is 11.8 Å². The number of aliphatic hydroxyl groups is 1. The van der Waals surface area contributed by atoms with Gasteiger partial charge in [-0.3, -0.25) is 5.32 Å². The summed E-state index contributed by atoms with van der Waals surface area (Å²) in [6.45, 7) is 4.35. The average Bonchev–Trinajstić information content (AvgIpc) is 2.16. The summed E-state index contributed by atoms with van der Waals surface area (Å²) in [6, 6.07) is 3.44. The van der Waals surface area contributed by atoms with E-state index in [1.165, 1.54) is 0 Å². The fourth-order valence-electron chi connectivity index (χ4n) is 1.35. The lowest BCUT2D eigenvalue weighted by atomic mass is 10.2. The van der Waals surface area contributed by atoms with Gasteiger partial charge in [0.25, 0.3) is 0 Å². The highest BCUT2D eigenvalue weighted by Gasteiger charge is 2.02. The Balaban J connectivity index is 2.49. The second-order valence-corrected chi connectivity index (χ2v) is 3.63. The molecular weight excluding hydrogens is 206 g/mol. The van der Waals surface area contributed by atoms with Crippen LogP contribution in [-0.2, 0) is 0 Å². The molecule has 1 rings (SSSR count). The minimum Gasteiger partial charge on any atom is -0.396 e. The van der Waals surface area contributed by atoms with Crippen molar-refractivity contribution in [1.29, 1.82) is 0 Å². The third-order valence-corrected chi connectivity index (χ3v) is 1.96. The van der Waals surface area contributed by atoms with E-state index in [0.717, 1.165) is 11.3 Å². The van der Waals surface area contributed by atoms with Crippen LogP contribution < -0.4 is 10.6 Å². The van der Waals surface area contributed by atoms with Gasteiger partial charge >= 0.3 is 6.03 Å². The first-order valence-electron chi connectivity index (χ1n) is 5.23. The Kier molecular flexibility index (Phi) is 4.72. The van der Waals surface area contributed by atoms with Gasteiger partial charge < -0.3 is 10.4 Å². The maximum Gasteiger partial charge on any atom is 0.320 e. The molecule has 5 nitrogen and oxygen atoms in total. The number of carbonyl (C=O) groups is 1. The highest BCUT2D eigenvalue weighted by atomic mass is 16.3. The Morgan fingerprint density at radius 3 is 2.81 bits per heavy atom. The van der Waals surface area contributed by atoms with Gasteiger partial charge in [-0.05, 0) is 38.0 Å². The van der Waals surface area contributed by atoms with Crippen LogP contribution in [0.4, 0.5) is 10.6 Å². The van der Waals surface area contributed by atoms with E-state index in [9.17, 15) is 4.79 Å². The first-order valence-corrected chi connectivity index (χ1v) is 5.23. The topological polar surface area (TPSA) is 74.2 Å². The summed E-state index contributed by atoms with van der Waals surface area (Å²) in [5.74, 6) is 0.541.